The number of hydrogen-bond acceptors (Lipinski definition) is 5. The van der Waals surface area contributed by atoms with Crippen molar-refractivity contribution >= 4 is 12.0 Å². The van der Waals surface area contributed by atoms with E-state index in [1.165, 1.54) is 11.0 Å². The van der Waals surface area contributed by atoms with E-state index >= 15 is 0 Å². The van der Waals surface area contributed by atoms with Crippen molar-refractivity contribution in [3.8, 4) is 16.9 Å². The minimum atomic E-state index is -1.01. The summed E-state index contributed by atoms with van der Waals surface area (Å²) >= 11 is 0. The Hall–Kier alpha value is -3.20. The summed E-state index contributed by atoms with van der Waals surface area (Å²) in [6.07, 6.45) is 0.710. The van der Waals surface area contributed by atoms with Crippen LogP contribution in [0, 0.1) is 11.7 Å². The molecule has 0 aliphatic carbocycles. The Morgan fingerprint density at radius 2 is 1.66 bits per heavy atom. The third kappa shape index (κ3) is 7.22. The second-order valence-electron chi connectivity index (χ2n) is 10.5. The molecule has 0 radical (unpaired) electrons. The Kier molecular flexibility index (Phi) is 9.20. The van der Waals surface area contributed by atoms with Crippen LogP contribution in [0.5, 0.6) is 5.75 Å². The molecule has 2 aliphatic heterocycles. The minimum absolute atomic E-state index is 0.0573. The molecule has 2 atom stereocenters. The summed E-state index contributed by atoms with van der Waals surface area (Å²) in [6.45, 7) is 5.99. The molecule has 1 unspecified atom stereocenters. The molecule has 206 valence electrons. The van der Waals surface area contributed by atoms with Gasteiger partial charge in [-0.3, -0.25) is 4.79 Å². The zero-order valence-electron chi connectivity index (χ0n) is 22.1. The summed E-state index contributed by atoms with van der Waals surface area (Å²) < 4.78 is 39.5. The van der Waals surface area contributed by atoms with Gasteiger partial charge < -0.3 is 25.0 Å². The average molecular weight is 530 g/mol. The van der Waals surface area contributed by atoms with Gasteiger partial charge in [-0.15, -0.1) is 0 Å². The highest BCUT2D eigenvalue weighted by Gasteiger charge is 2.29. The van der Waals surface area contributed by atoms with Crippen LogP contribution in [0.1, 0.15) is 38.7 Å². The van der Waals surface area contributed by atoms with Gasteiger partial charge in [0.1, 0.15) is 17.7 Å². The van der Waals surface area contributed by atoms with Crippen molar-refractivity contribution in [2.75, 3.05) is 32.8 Å². The van der Waals surface area contributed by atoms with Crippen LogP contribution in [0.15, 0.2) is 42.5 Å². The molecule has 4 rings (SSSR count). The molecule has 9 heteroatoms. The van der Waals surface area contributed by atoms with Crippen molar-refractivity contribution < 1.29 is 27.8 Å². The lowest BCUT2D eigenvalue weighted by Gasteiger charge is -2.31. The van der Waals surface area contributed by atoms with Gasteiger partial charge in [-0.25, -0.2) is 13.6 Å². The third-order valence-corrected chi connectivity index (χ3v) is 7.14. The molecule has 7 nitrogen and oxygen atoms in total. The van der Waals surface area contributed by atoms with Gasteiger partial charge in [0.05, 0.1) is 25.3 Å². The van der Waals surface area contributed by atoms with Crippen LogP contribution in [0.3, 0.4) is 0 Å². The van der Waals surface area contributed by atoms with E-state index in [0.29, 0.717) is 49.7 Å². The van der Waals surface area contributed by atoms with Crippen LogP contribution >= 0.6 is 0 Å². The van der Waals surface area contributed by atoms with Crippen molar-refractivity contribution in [3.05, 3.63) is 53.8 Å². The van der Waals surface area contributed by atoms with Crippen LogP contribution in [-0.4, -0.2) is 72.9 Å². The number of piperidine rings is 1. The van der Waals surface area contributed by atoms with Gasteiger partial charge in [-0.05, 0) is 80.3 Å². The first-order valence-corrected chi connectivity index (χ1v) is 13.3. The maximum atomic E-state index is 14.8. The van der Waals surface area contributed by atoms with E-state index in [0.717, 1.165) is 24.2 Å². The topological polar surface area (TPSA) is 85.1 Å². The quantitative estimate of drug-likeness (QED) is 0.542. The van der Waals surface area contributed by atoms with Gasteiger partial charge in [0.2, 0.25) is 5.91 Å². The van der Waals surface area contributed by atoms with Gasteiger partial charge >= 0.3 is 6.09 Å². The molecule has 2 heterocycles. The van der Waals surface area contributed by atoms with Crippen molar-refractivity contribution in [3.63, 3.8) is 0 Å². The van der Waals surface area contributed by atoms with Crippen LogP contribution in [0.25, 0.3) is 11.1 Å². The first-order valence-electron chi connectivity index (χ1n) is 13.3. The number of likely N-dealkylation sites (tertiary alicyclic amines) is 2. The first kappa shape index (κ1) is 27.8. The van der Waals surface area contributed by atoms with E-state index in [1.54, 1.807) is 17.0 Å². The highest BCUT2D eigenvalue weighted by molar-refractivity contribution is 5.82. The molecule has 2 fully saturated rings. The highest BCUT2D eigenvalue weighted by Crippen LogP contribution is 2.26. The summed E-state index contributed by atoms with van der Waals surface area (Å²) in [7, 11) is 0. The molecule has 2 aliphatic rings. The lowest BCUT2D eigenvalue weighted by Crippen LogP contribution is -2.44. The lowest BCUT2D eigenvalue weighted by atomic mass is 9.98. The Balaban J connectivity index is 1.26. The van der Waals surface area contributed by atoms with E-state index in [9.17, 15) is 18.4 Å². The Labute approximate surface area is 222 Å². The summed E-state index contributed by atoms with van der Waals surface area (Å²) in [4.78, 5) is 27.6. The maximum Gasteiger partial charge on any atom is 0.410 e. The van der Waals surface area contributed by atoms with Gasteiger partial charge in [0, 0.05) is 19.6 Å². The molecule has 2 saturated heterocycles. The molecular formula is C29H37F2N3O4. The third-order valence-electron chi connectivity index (χ3n) is 7.14. The zero-order valence-corrected chi connectivity index (χ0v) is 22.1. The number of carbonyl (C=O) groups excluding carboxylic acids is 2. The average Bonchev–Trinajstić information content (AvgIpc) is 3.34. The number of rotatable bonds is 8. The first-order chi connectivity index (χ1) is 18.2. The minimum Gasteiger partial charge on any atom is -0.493 e. The summed E-state index contributed by atoms with van der Waals surface area (Å²) in [5.41, 5.74) is 7.91. The van der Waals surface area contributed by atoms with Crippen molar-refractivity contribution in [2.45, 2.75) is 57.8 Å². The second kappa shape index (κ2) is 12.6. The second-order valence-corrected chi connectivity index (χ2v) is 10.5. The number of amides is 2. The highest BCUT2D eigenvalue weighted by atomic mass is 19.1. The fraction of sp³-hybridized carbons (Fsp3) is 0.517. The van der Waals surface area contributed by atoms with Gasteiger partial charge in [-0.1, -0.05) is 24.3 Å². The number of benzene rings is 2. The lowest BCUT2D eigenvalue weighted by molar-refractivity contribution is -0.131. The number of ether oxygens (including phenoxy) is 2. The Bertz CT molecular complexity index is 1100. The number of hydrogen-bond donors (Lipinski definition) is 1. The summed E-state index contributed by atoms with van der Waals surface area (Å²) in [5, 5.41) is 0. The van der Waals surface area contributed by atoms with Gasteiger partial charge in [0.25, 0.3) is 0 Å². The van der Waals surface area contributed by atoms with Crippen molar-refractivity contribution in [1.82, 2.24) is 9.80 Å². The van der Waals surface area contributed by atoms with Crippen molar-refractivity contribution in [2.24, 2.45) is 11.7 Å². The van der Waals surface area contributed by atoms with Gasteiger partial charge in [0.15, 0.2) is 0 Å². The number of halogens is 2. The standard InChI is InChI=1S/C29H37F2N3O4/c1-19(2)38-29(36)33-12-9-20(10-13-33)18-37-25-7-5-21(6-8-25)22-3-4-23(26(31)15-22)16-27(32)28(35)34-14-11-24(30)17-34/h3-8,15,19-20,24,27H,9-14,16-18,32H2,1-2H3/t24-,27?/m0/s1. The molecule has 0 saturated carbocycles. The van der Waals surface area contributed by atoms with Crippen LogP contribution in [-0.2, 0) is 16.0 Å². The molecule has 0 bridgehead atoms. The van der Waals surface area contributed by atoms with E-state index < -0.39 is 18.0 Å². The molecule has 2 amide bonds. The smallest absolute Gasteiger partial charge is 0.410 e. The molecule has 2 aromatic rings. The number of nitrogens with two attached hydrogens (primary N) is 1. The maximum absolute atomic E-state index is 14.8. The van der Waals surface area contributed by atoms with Crippen LogP contribution < -0.4 is 10.5 Å². The number of carbonyl (C=O) groups is 2. The monoisotopic (exact) mass is 529 g/mol. The van der Waals surface area contributed by atoms with E-state index in [4.69, 9.17) is 15.2 Å². The fourth-order valence-electron chi connectivity index (χ4n) is 4.89. The number of alkyl halides is 1. The van der Waals surface area contributed by atoms with E-state index in [-0.39, 0.29) is 31.1 Å². The molecule has 2 aromatic carbocycles. The predicted molar refractivity (Wildman–Crippen MR) is 141 cm³/mol. The summed E-state index contributed by atoms with van der Waals surface area (Å²) in [6, 6.07) is 11.5. The molecule has 0 aromatic heterocycles. The zero-order chi connectivity index (χ0) is 27.2. The molecule has 38 heavy (non-hydrogen) atoms. The van der Waals surface area contributed by atoms with Crippen LogP contribution in [0.2, 0.25) is 0 Å². The predicted octanol–water partition coefficient (Wildman–Crippen LogP) is 4.57. The van der Waals surface area contributed by atoms with Crippen molar-refractivity contribution in [1.29, 1.82) is 0 Å². The largest absolute Gasteiger partial charge is 0.493 e. The van der Waals surface area contributed by atoms with E-state index in [1.807, 2.05) is 38.1 Å². The van der Waals surface area contributed by atoms with Crippen LogP contribution in [0.4, 0.5) is 13.6 Å². The molecule has 2 N–H and O–H groups in total. The molecular weight excluding hydrogens is 492 g/mol. The Morgan fingerprint density at radius 3 is 2.26 bits per heavy atom. The SMILES string of the molecule is CC(C)OC(=O)N1CCC(COc2ccc(-c3ccc(CC(N)C(=O)N4CC[C@H](F)C4)c(F)c3)cc2)CC1. The van der Waals surface area contributed by atoms with Gasteiger partial charge in [-0.2, -0.15) is 0 Å². The fourth-order valence-corrected chi connectivity index (χ4v) is 4.89. The molecule has 0 spiro atoms. The Morgan fingerprint density at radius 1 is 1.00 bits per heavy atom. The summed E-state index contributed by atoms with van der Waals surface area (Å²) in [5.74, 6) is 0.318. The normalized spacial score (nSPS) is 19.1. The van der Waals surface area contributed by atoms with E-state index in [2.05, 4.69) is 0 Å². The number of nitrogens with zero attached hydrogens (tertiary/aromatic N) is 2.